The van der Waals surface area contributed by atoms with Crippen LogP contribution in [-0.2, 0) is 0 Å². The molecule has 0 amide bonds. The van der Waals surface area contributed by atoms with Gasteiger partial charge in [-0.15, -0.1) is 0 Å². The normalized spacial score (nSPS) is 16.3. The van der Waals surface area contributed by atoms with Crippen LogP contribution in [0.5, 0.6) is 0 Å². The molecule has 90 valence electrons. The van der Waals surface area contributed by atoms with Gasteiger partial charge in [-0.05, 0) is 25.0 Å². The van der Waals surface area contributed by atoms with Crippen LogP contribution in [0.2, 0.25) is 0 Å². The zero-order valence-electron chi connectivity index (χ0n) is 9.05. The first kappa shape index (κ1) is 11.5. The third-order valence-electron chi connectivity index (χ3n) is 2.91. The number of hydrogen-bond donors (Lipinski definition) is 2. The number of nitrogens with one attached hydrogen (secondary N) is 1. The van der Waals surface area contributed by atoms with Gasteiger partial charge in [0.1, 0.15) is 12.0 Å². The van der Waals surface area contributed by atoms with Crippen LogP contribution in [0.4, 0.5) is 11.4 Å². The lowest BCUT2D eigenvalue weighted by Gasteiger charge is -2.15. The molecular weight excluding hydrogens is 224 g/mol. The van der Waals surface area contributed by atoms with Gasteiger partial charge in [0.25, 0.3) is 5.69 Å². The Morgan fingerprint density at radius 2 is 2.24 bits per heavy atom. The number of carbonyl (C=O) groups is 1. The molecule has 2 rings (SSSR count). The van der Waals surface area contributed by atoms with Crippen LogP contribution in [0.3, 0.4) is 0 Å². The molecule has 1 aromatic rings. The van der Waals surface area contributed by atoms with E-state index in [9.17, 15) is 14.9 Å². The fourth-order valence-electron chi connectivity index (χ4n) is 1.64. The Balaban J connectivity index is 2.32. The van der Waals surface area contributed by atoms with E-state index in [0.717, 1.165) is 12.8 Å². The molecule has 1 aromatic carbocycles. The van der Waals surface area contributed by atoms with Gasteiger partial charge in [0.05, 0.1) is 17.1 Å². The number of nitrogens with zero attached hydrogens (tertiary/aromatic N) is 1. The highest BCUT2D eigenvalue weighted by atomic mass is 16.6. The van der Waals surface area contributed by atoms with Crippen molar-refractivity contribution in [2.24, 2.45) is 0 Å². The van der Waals surface area contributed by atoms with Crippen LogP contribution < -0.4 is 5.32 Å². The minimum atomic E-state index is -0.539. The third-order valence-corrected chi connectivity index (χ3v) is 2.91. The average Bonchev–Trinajstić information content (AvgIpc) is 3.10. The number of aldehydes is 1. The Kier molecular flexibility index (Phi) is 2.81. The molecular formula is C11H12N2O4. The smallest absolute Gasteiger partial charge is 0.293 e. The standard InChI is InChI=1S/C11H12N2O4/c14-6-8-1-2-9(10(5-8)13(16)17)12-11(7-15)3-4-11/h1-2,5-6,12,15H,3-4,7H2. The van der Waals surface area contributed by atoms with Crippen molar-refractivity contribution in [2.75, 3.05) is 11.9 Å². The molecule has 6 nitrogen and oxygen atoms in total. The first-order chi connectivity index (χ1) is 8.10. The Labute approximate surface area is 97.4 Å². The zero-order chi connectivity index (χ0) is 12.5. The van der Waals surface area contributed by atoms with Gasteiger partial charge in [0, 0.05) is 11.6 Å². The highest BCUT2D eigenvalue weighted by Crippen LogP contribution is 2.40. The lowest BCUT2D eigenvalue weighted by Crippen LogP contribution is -2.26. The number of hydrogen-bond acceptors (Lipinski definition) is 5. The molecule has 0 atom stereocenters. The maximum absolute atomic E-state index is 10.9. The third kappa shape index (κ3) is 2.26. The van der Waals surface area contributed by atoms with Crippen molar-refractivity contribution >= 4 is 17.7 Å². The molecule has 0 aromatic heterocycles. The molecule has 1 saturated carbocycles. The Bertz CT molecular complexity index is 469. The second-order valence-corrected chi connectivity index (χ2v) is 4.21. The topological polar surface area (TPSA) is 92.5 Å². The first-order valence-electron chi connectivity index (χ1n) is 5.23. The predicted molar refractivity (Wildman–Crippen MR) is 61.2 cm³/mol. The molecule has 0 spiro atoms. The van der Waals surface area contributed by atoms with Crippen LogP contribution in [0.1, 0.15) is 23.2 Å². The number of carbonyl (C=O) groups excluding carboxylic acids is 1. The second-order valence-electron chi connectivity index (χ2n) is 4.21. The molecule has 0 bridgehead atoms. The first-order valence-corrected chi connectivity index (χ1v) is 5.23. The van der Waals surface area contributed by atoms with Gasteiger partial charge >= 0.3 is 0 Å². The van der Waals surface area contributed by atoms with E-state index in [2.05, 4.69) is 5.32 Å². The molecule has 0 unspecified atom stereocenters. The van der Waals surface area contributed by atoms with Crippen LogP contribution in [-0.4, -0.2) is 28.5 Å². The van der Waals surface area contributed by atoms with E-state index in [0.29, 0.717) is 12.0 Å². The summed E-state index contributed by atoms with van der Waals surface area (Å²) in [6.07, 6.45) is 2.14. The van der Waals surface area contributed by atoms with Gasteiger partial charge in [0.2, 0.25) is 0 Å². The van der Waals surface area contributed by atoms with Gasteiger partial charge in [-0.2, -0.15) is 0 Å². The lowest BCUT2D eigenvalue weighted by atomic mass is 10.1. The van der Waals surface area contributed by atoms with E-state index < -0.39 is 10.5 Å². The summed E-state index contributed by atoms with van der Waals surface area (Å²) in [6.45, 7) is -0.0560. The zero-order valence-corrected chi connectivity index (χ0v) is 9.05. The van der Waals surface area contributed by atoms with Crippen molar-refractivity contribution < 1.29 is 14.8 Å². The maximum Gasteiger partial charge on any atom is 0.293 e. The fourth-order valence-corrected chi connectivity index (χ4v) is 1.64. The monoisotopic (exact) mass is 236 g/mol. The Morgan fingerprint density at radius 3 is 2.71 bits per heavy atom. The predicted octanol–water partition coefficient (Wildman–Crippen LogP) is 1.34. The van der Waals surface area contributed by atoms with Crippen LogP contribution in [0.15, 0.2) is 18.2 Å². The number of anilines is 1. The quantitative estimate of drug-likeness (QED) is 0.457. The molecule has 6 heteroatoms. The van der Waals surface area contributed by atoms with Gasteiger partial charge in [-0.3, -0.25) is 14.9 Å². The number of aliphatic hydroxyl groups excluding tert-OH is 1. The summed E-state index contributed by atoms with van der Waals surface area (Å²) in [7, 11) is 0. The van der Waals surface area contributed by atoms with Crippen molar-refractivity contribution in [2.45, 2.75) is 18.4 Å². The van der Waals surface area contributed by atoms with Crippen LogP contribution in [0, 0.1) is 10.1 Å². The number of nitro benzene ring substituents is 1. The minimum absolute atomic E-state index is 0.0560. The number of aliphatic hydroxyl groups is 1. The van der Waals surface area contributed by atoms with E-state index in [-0.39, 0.29) is 17.9 Å². The Morgan fingerprint density at radius 1 is 1.53 bits per heavy atom. The summed E-state index contributed by atoms with van der Waals surface area (Å²) in [5.74, 6) is 0. The molecule has 0 saturated heterocycles. The van der Waals surface area contributed by atoms with Crippen molar-refractivity contribution in [3.8, 4) is 0 Å². The molecule has 17 heavy (non-hydrogen) atoms. The van der Waals surface area contributed by atoms with Crippen LogP contribution in [0.25, 0.3) is 0 Å². The molecule has 0 heterocycles. The highest BCUT2D eigenvalue weighted by molar-refractivity contribution is 5.79. The summed E-state index contributed by atoms with van der Waals surface area (Å²) in [5, 5.41) is 23.0. The summed E-state index contributed by atoms with van der Waals surface area (Å²) in [4.78, 5) is 20.9. The lowest BCUT2D eigenvalue weighted by molar-refractivity contribution is -0.384. The Hall–Kier alpha value is -1.95. The van der Waals surface area contributed by atoms with Crippen molar-refractivity contribution in [1.82, 2.24) is 0 Å². The van der Waals surface area contributed by atoms with E-state index in [4.69, 9.17) is 5.11 Å². The largest absolute Gasteiger partial charge is 0.394 e. The minimum Gasteiger partial charge on any atom is -0.394 e. The SMILES string of the molecule is O=Cc1ccc(NC2(CO)CC2)c([N+](=O)[O-])c1. The van der Waals surface area contributed by atoms with Crippen molar-refractivity contribution in [1.29, 1.82) is 0 Å². The molecule has 1 fully saturated rings. The van der Waals surface area contributed by atoms with Gasteiger partial charge < -0.3 is 10.4 Å². The van der Waals surface area contributed by atoms with E-state index in [1.54, 1.807) is 0 Å². The molecule has 0 aliphatic heterocycles. The van der Waals surface area contributed by atoms with Gasteiger partial charge in [-0.25, -0.2) is 0 Å². The summed E-state index contributed by atoms with van der Waals surface area (Å²) < 4.78 is 0. The molecule has 2 N–H and O–H groups in total. The maximum atomic E-state index is 10.9. The summed E-state index contributed by atoms with van der Waals surface area (Å²) >= 11 is 0. The second kappa shape index (κ2) is 4.14. The molecule has 0 radical (unpaired) electrons. The van der Waals surface area contributed by atoms with Gasteiger partial charge in [0.15, 0.2) is 0 Å². The highest BCUT2D eigenvalue weighted by Gasteiger charge is 2.43. The fraction of sp³-hybridized carbons (Fsp3) is 0.364. The summed E-state index contributed by atoms with van der Waals surface area (Å²) in [6, 6.07) is 4.23. The van der Waals surface area contributed by atoms with Crippen molar-refractivity contribution in [3.05, 3.63) is 33.9 Å². The van der Waals surface area contributed by atoms with E-state index in [1.165, 1.54) is 18.2 Å². The number of nitro groups is 1. The number of rotatable bonds is 5. The average molecular weight is 236 g/mol. The number of benzene rings is 1. The van der Waals surface area contributed by atoms with E-state index >= 15 is 0 Å². The van der Waals surface area contributed by atoms with Gasteiger partial charge in [-0.1, -0.05) is 0 Å². The molecule has 1 aliphatic carbocycles. The van der Waals surface area contributed by atoms with Crippen LogP contribution >= 0.6 is 0 Å². The summed E-state index contributed by atoms with van der Waals surface area (Å²) in [5.41, 5.74) is 0.0329. The van der Waals surface area contributed by atoms with E-state index in [1.807, 2.05) is 0 Å². The van der Waals surface area contributed by atoms with Crippen molar-refractivity contribution in [3.63, 3.8) is 0 Å². The molecule has 1 aliphatic rings.